The molecule has 1 aromatic carbocycles. The van der Waals surface area contributed by atoms with Gasteiger partial charge in [0.1, 0.15) is 5.52 Å². The molecule has 0 spiro atoms. The Morgan fingerprint density at radius 2 is 2.07 bits per heavy atom. The van der Waals surface area contributed by atoms with E-state index in [1.54, 1.807) is 0 Å². The molecule has 2 rings (SSSR count). The lowest BCUT2D eigenvalue weighted by atomic mass is 10.2. The van der Waals surface area contributed by atoms with Crippen molar-refractivity contribution in [3.8, 4) is 0 Å². The van der Waals surface area contributed by atoms with E-state index in [9.17, 15) is 0 Å². The first-order valence-electron chi connectivity index (χ1n) is 4.74. The van der Waals surface area contributed by atoms with Crippen molar-refractivity contribution in [1.29, 1.82) is 0 Å². The van der Waals surface area contributed by atoms with Gasteiger partial charge < -0.3 is 0 Å². The van der Waals surface area contributed by atoms with Crippen LogP contribution in [0.15, 0.2) is 18.2 Å². The summed E-state index contributed by atoms with van der Waals surface area (Å²) in [5.74, 6) is 0. The van der Waals surface area contributed by atoms with Crippen LogP contribution in [0.4, 0.5) is 0 Å². The Balaban J connectivity index is 2.80. The summed E-state index contributed by atoms with van der Waals surface area (Å²) < 4.78 is 2.01. The van der Waals surface area contributed by atoms with E-state index in [1.807, 2.05) is 16.8 Å². The highest BCUT2D eigenvalue weighted by Crippen LogP contribution is 2.26. The molecule has 0 radical (unpaired) electrons. The molecule has 1 heterocycles. The van der Waals surface area contributed by atoms with Crippen LogP contribution in [0.2, 0.25) is 5.02 Å². The Bertz CT molecular complexity index is 471. The summed E-state index contributed by atoms with van der Waals surface area (Å²) in [6.07, 6.45) is 0. The van der Waals surface area contributed by atoms with Crippen molar-refractivity contribution < 1.29 is 0 Å². The Morgan fingerprint density at radius 3 is 2.64 bits per heavy atom. The summed E-state index contributed by atoms with van der Waals surface area (Å²) in [5, 5.41) is 6.37. The van der Waals surface area contributed by atoms with E-state index in [0.29, 0.717) is 6.04 Å². The van der Waals surface area contributed by atoms with Crippen molar-refractivity contribution in [1.82, 2.24) is 9.78 Å². The monoisotopic (exact) mass is 208 g/mol. The smallest absolute Gasteiger partial charge is 0.111 e. The first-order valence-corrected chi connectivity index (χ1v) is 5.12. The van der Waals surface area contributed by atoms with Gasteiger partial charge >= 0.3 is 0 Å². The molecule has 3 heteroatoms. The summed E-state index contributed by atoms with van der Waals surface area (Å²) in [7, 11) is 0. The number of aryl methyl sites for hydroxylation is 1. The standard InChI is InChI=1S/C11H13ClN2/c1-7(2)14-8(3)9-5-4-6-10(12)11(9)13-14/h4-7H,1-3H3. The Hall–Kier alpha value is -1.02. The SMILES string of the molecule is Cc1c2cccc(Cl)c2nn1C(C)C. The molecular weight excluding hydrogens is 196 g/mol. The molecule has 2 aromatic rings. The minimum atomic E-state index is 0.374. The van der Waals surface area contributed by atoms with Crippen LogP contribution in [-0.2, 0) is 0 Å². The maximum atomic E-state index is 6.07. The van der Waals surface area contributed by atoms with Crippen LogP contribution in [0.25, 0.3) is 10.9 Å². The molecular formula is C11H13ClN2. The maximum absolute atomic E-state index is 6.07. The maximum Gasteiger partial charge on any atom is 0.111 e. The summed E-state index contributed by atoms with van der Waals surface area (Å²) >= 11 is 6.07. The number of aromatic nitrogens is 2. The molecule has 0 atom stereocenters. The second-order valence-electron chi connectivity index (χ2n) is 3.76. The largest absolute Gasteiger partial charge is 0.266 e. The van der Waals surface area contributed by atoms with Crippen molar-refractivity contribution in [2.24, 2.45) is 0 Å². The van der Waals surface area contributed by atoms with Crippen LogP contribution < -0.4 is 0 Å². The lowest BCUT2D eigenvalue weighted by Gasteiger charge is -2.06. The van der Waals surface area contributed by atoms with E-state index in [0.717, 1.165) is 15.9 Å². The zero-order valence-electron chi connectivity index (χ0n) is 8.58. The van der Waals surface area contributed by atoms with E-state index >= 15 is 0 Å². The fourth-order valence-corrected chi connectivity index (χ4v) is 1.93. The van der Waals surface area contributed by atoms with Crippen LogP contribution in [0.1, 0.15) is 25.6 Å². The molecule has 0 fully saturated rings. The van der Waals surface area contributed by atoms with Gasteiger partial charge in [0.2, 0.25) is 0 Å². The first kappa shape index (κ1) is 9.53. The highest BCUT2D eigenvalue weighted by Gasteiger charge is 2.10. The third-order valence-electron chi connectivity index (χ3n) is 2.42. The fraction of sp³-hybridized carbons (Fsp3) is 0.364. The van der Waals surface area contributed by atoms with Gasteiger partial charge in [-0.05, 0) is 26.8 Å². The summed E-state index contributed by atoms with van der Waals surface area (Å²) in [6, 6.07) is 6.27. The van der Waals surface area contributed by atoms with Gasteiger partial charge in [-0.2, -0.15) is 5.10 Å². The van der Waals surface area contributed by atoms with Crippen LogP contribution in [0.3, 0.4) is 0 Å². The molecule has 1 aromatic heterocycles. The molecule has 74 valence electrons. The average Bonchev–Trinajstić information content (AvgIpc) is 2.46. The number of hydrogen-bond donors (Lipinski definition) is 0. The molecule has 2 nitrogen and oxygen atoms in total. The third kappa shape index (κ3) is 1.30. The third-order valence-corrected chi connectivity index (χ3v) is 2.72. The molecule has 0 N–H and O–H groups in total. The van der Waals surface area contributed by atoms with E-state index in [4.69, 9.17) is 11.6 Å². The Morgan fingerprint density at radius 1 is 1.36 bits per heavy atom. The van der Waals surface area contributed by atoms with Crippen molar-refractivity contribution in [3.63, 3.8) is 0 Å². The normalized spacial score (nSPS) is 11.5. The molecule has 14 heavy (non-hydrogen) atoms. The summed E-state index contributed by atoms with van der Waals surface area (Å²) in [5.41, 5.74) is 2.08. The predicted octanol–water partition coefficient (Wildman–Crippen LogP) is 3.58. The number of fused-ring (bicyclic) bond motifs is 1. The fourth-order valence-electron chi connectivity index (χ4n) is 1.72. The van der Waals surface area contributed by atoms with Crippen LogP contribution >= 0.6 is 11.6 Å². The van der Waals surface area contributed by atoms with Gasteiger partial charge in [0.05, 0.1) is 5.02 Å². The number of nitrogens with zero attached hydrogens (tertiary/aromatic N) is 2. The topological polar surface area (TPSA) is 17.8 Å². The molecule has 0 aliphatic heterocycles. The lowest BCUT2D eigenvalue weighted by Crippen LogP contribution is -2.04. The predicted molar refractivity (Wildman–Crippen MR) is 59.9 cm³/mol. The number of halogens is 1. The number of rotatable bonds is 1. The minimum absolute atomic E-state index is 0.374. The van der Waals surface area contributed by atoms with Gasteiger partial charge in [0.15, 0.2) is 0 Å². The van der Waals surface area contributed by atoms with Gasteiger partial charge in [0, 0.05) is 17.1 Å². The number of benzene rings is 1. The zero-order valence-corrected chi connectivity index (χ0v) is 9.34. The van der Waals surface area contributed by atoms with Crippen molar-refractivity contribution in [2.45, 2.75) is 26.8 Å². The summed E-state index contributed by atoms with van der Waals surface area (Å²) in [6.45, 7) is 6.31. The molecule has 0 bridgehead atoms. The van der Waals surface area contributed by atoms with Gasteiger partial charge in [-0.25, -0.2) is 0 Å². The second-order valence-corrected chi connectivity index (χ2v) is 4.17. The van der Waals surface area contributed by atoms with E-state index in [1.165, 1.54) is 5.69 Å². The summed E-state index contributed by atoms with van der Waals surface area (Å²) in [4.78, 5) is 0. The molecule has 0 aliphatic rings. The molecule has 0 unspecified atom stereocenters. The van der Waals surface area contributed by atoms with Gasteiger partial charge in [-0.3, -0.25) is 4.68 Å². The van der Waals surface area contributed by atoms with Crippen LogP contribution in [0, 0.1) is 6.92 Å². The van der Waals surface area contributed by atoms with E-state index in [2.05, 4.69) is 31.9 Å². The second kappa shape index (κ2) is 3.28. The zero-order chi connectivity index (χ0) is 10.3. The van der Waals surface area contributed by atoms with Crippen LogP contribution in [-0.4, -0.2) is 9.78 Å². The molecule has 0 aliphatic carbocycles. The lowest BCUT2D eigenvalue weighted by molar-refractivity contribution is 0.524. The van der Waals surface area contributed by atoms with Gasteiger partial charge in [0.25, 0.3) is 0 Å². The van der Waals surface area contributed by atoms with E-state index < -0.39 is 0 Å². The van der Waals surface area contributed by atoms with Gasteiger partial charge in [-0.1, -0.05) is 23.7 Å². The minimum Gasteiger partial charge on any atom is -0.266 e. The molecule has 0 saturated heterocycles. The Kier molecular flexibility index (Phi) is 2.23. The van der Waals surface area contributed by atoms with Gasteiger partial charge in [-0.15, -0.1) is 0 Å². The first-order chi connectivity index (χ1) is 6.61. The number of hydrogen-bond acceptors (Lipinski definition) is 1. The van der Waals surface area contributed by atoms with E-state index in [-0.39, 0.29) is 0 Å². The van der Waals surface area contributed by atoms with Crippen molar-refractivity contribution >= 4 is 22.5 Å². The van der Waals surface area contributed by atoms with Crippen LogP contribution in [0.5, 0.6) is 0 Å². The highest BCUT2D eigenvalue weighted by atomic mass is 35.5. The highest BCUT2D eigenvalue weighted by molar-refractivity contribution is 6.35. The average molecular weight is 209 g/mol. The quantitative estimate of drug-likeness (QED) is 0.701. The van der Waals surface area contributed by atoms with Crippen molar-refractivity contribution in [2.75, 3.05) is 0 Å². The Labute approximate surface area is 88.5 Å². The van der Waals surface area contributed by atoms with Crippen molar-refractivity contribution in [3.05, 3.63) is 28.9 Å². The molecule has 0 amide bonds. The molecule has 0 saturated carbocycles.